The van der Waals surface area contributed by atoms with Crippen molar-refractivity contribution in [1.29, 1.82) is 0 Å². The lowest BCUT2D eigenvalue weighted by atomic mass is 10.2. The SMILES string of the molecule is CCCS(=O)(=O)c1ccccc1C(=O)NC. The second kappa shape index (κ2) is 5.12. The minimum Gasteiger partial charge on any atom is -0.355 e. The zero-order valence-electron chi connectivity index (χ0n) is 9.36. The van der Waals surface area contributed by atoms with E-state index in [-0.39, 0.29) is 22.1 Å². The molecule has 0 heterocycles. The number of hydrogen-bond acceptors (Lipinski definition) is 3. The lowest BCUT2D eigenvalue weighted by Crippen LogP contribution is -2.21. The summed E-state index contributed by atoms with van der Waals surface area (Å²) in [5.74, 6) is -0.323. The number of benzene rings is 1. The van der Waals surface area contributed by atoms with Gasteiger partial charge in [-0.1, -0.05) is 19.1 Å². The van der Waals surface area contributed by atoms with Crippen LogP contribution in [0.4, 0.5) is 0 Å². The van der Waals surface area contributed by atoms with Crippen molar-refractivity contribution in [2.75, 3.05) is 12.8 Å². The van der Waals surface area contributed by atoms with Crippen molar-refractivity contribution in [2.24, 2.45) is 0 Å². The van der Waals surface area contributed by atoms with Gasteiger partial charge in [0, 0.05) is 7.05 Å². The van der Waals surface area contributed by atoms with Crippen LogP contribution in [0.15, 0.2) is 29.2 Å². The van der Waals surface area contributed by atoms with Gasteiger partial charge in [-0.25, -0.2) is 8.42 Å². The Kier molecular flexibility index (Phi) is 4.06. The fraction of sp³-hybridized carbons (Fsp3) is 0.364. The predicted molar refractivity (Wildman–Crippen MR) is 62.2 cm³/mol. The molecule has 0 fully saturated rings. The molecule has 1 N–H and O–H groups in total. The van der Waals surface area contributed by atoms with Crippen LogP contribution in [-0.2, 0) is 9.84 Å². The average Bonchev–Trinajstić information content (AvgIpc) is 2.28. The summed E-state index contributed by atoms with van der Waals surface area (Å²) in [6.07, 6.45) is 0.532. The molecule has 0 spiro atoms. The molecule has 0 saturated heterocycles. The van der Waals surface area contributed by atoms with Crippen LogP contribution < -0.4 is 5.32 Å². The highest BCUT2D eigenvalue weighted by atomic mass is 32.2. The maximum absolute atomic E-state index is 11.9. The standard InChI is InChI=1S/C11H15NO3S/c1-3-8-16(14,15)10-7-5-4-6-9(10)11(13)12-2/h4-7H,3,8H2,1-2H3,(H,12,13). The molecule has 1 rings (SSSR count). The van der Waals surface area contributed by atoms with Gasteiger partial charge in [0.2, 0.25) is 0 Å². The number of rotatable bonds is 4. The Morgan fingerprint density at radius 1 is 1.31 bits per heavy atom. The maximum atomic E-state index is 11.9. The van der Waals surface area contributed by atoms with Crippen molar-refractivity contribution < 1.29 is 13.2 Å². The summed E-state index contributed by atoms with van der Waals surface area (Å²) in [6, 6.07) is 6.25. The van der Waals surface area contributed by atoms with Gasteiger partial charge < -0.3 is 5.32 Å². The lowest BCUT2D eigenvalue weighted by molar-refractivity contribution is 0.0960. The van der Waals surface area contributed by atoms with Gasteiger partial charge in [-0.3, -0.25) is 4.79 Å². The molecule has 0 atom stereocenters. The highest BCUT2D eigenvalue weighted by Crippen LogP contribution is 2.17. The van der Waals surface area contributed by atoms with Crippen LogP contribution in [0.5, 0.6) is 0 Å². The predicted octanol–water partition coefficient (Wildman–Crippen LogP) is 1.23. The number of sulfone groups is 1. The lowest BCUT2D eigenvalue weighted by Gasteiger charge is -2.08. The van der Waals surface area contributed by atoms with Crippen molar-refractivity contribution in [2.45, 2.75) is 18.2 Å². The molecule has 88 valence electrons. The number of carbonyl (C=O) groups is 1. The quantitative estimate of drug-likeness (QED) is 0.862. The number of carbonyl (C=O) groups excluding carboxylic acids is 1. The van der Waals surface area contributed by atoms with Crippen molar-refractivity contribution >= 4 is 15.7 Å². The molecule has 0 unspecified atom stereocenters. The van der Waals surface area contributed by atoms with Gasteiger partial charge in [0.1, 0.15) is 0 Å². The topological polar surface area (TPSA) is 63.2 Å². The van der Waals surface area contributed by atoms with E-state index in [1.165, 1.54) is 19.2 Å². The first-order valence-electron chi connectivity index (χ1n) is 5.06. The molecular formula is C11H15NO3S. The van der Waals surface area contributed by atoms with E-state index < -0.39 is 9.84 Å². The molecule has 16 heavy (non-hydrogen) atoms. The summed E-state index contributed by atoms with van der Waals surface area (Å²) in [7, 11) is -1.88. The van der Waals surface area contributed by atoms with Crippen LogP contribution in [0.3, 0.4) is 0 Å². The van der Waals surface area contributed by atoms with Crippen molar-refractivity contribution in [1.82, 2.24) is 5.32 Å². The van der Waals surface area contributed by atoms with E-state index in [0.717, 1.165) is 0 Å². The molecule has 5 heteroatoms. The monoisotopic (exact) mass is 241 g/mol. The first-order chi connectivity index (χ1) is 7.53. The molecule has 0 aliphatic rings. The normalized spacial score (nSPS) is 11.1. The van der Waals surface area contributed by atoms with Gasteiger partial charge in [0.25, 0.3) is 5.91 Å². The van der Waals surface area contributed by atoms with Gasteiger partial charge in [-0.15, -0.1) is 0 Å². The molecule has 0 bridgehead atoms. The first kappa shape index (κ1) is 12.7. The highest BCUT2D eigenvalue weighted by Gasteiger charge is 2.20. The van der Waals surface area contributed by atoms with E-state index >= 15 is 0 Å². The molecular weight excluding hydrogens is 226 g/mol. The minimum atomic E-state index is -3.36. The van der Waals surface area contributed by atoms with Crippen LogP contribution in [0.25, 0.3) is 0 Å². The minimum absolute atomic E-state index is 0.0566. The molecule has 0 saturated carbocycles. The van der Waals surface area contributed by atoms with E-state index in [4.69, 9.17) is 0 Å². The summed E-state index contributed by atoms with van der Waals surface area (Å²) >= 11 is 0. The summed E-state index contributed by atoms with van der Waals surface area (Å²) in [6.45, 7) is 1.79. The Morgan fingerprint density at radius 2 is 1.94 bits per heavy atom. The zero-order valence-corrected chi connectivity index (χ0v) is 10.2. The fourth-order valence-corrected chi connectivity index (χ4v) is 2.98. The Bertz CT molecular complexity index is 480. The second-order valence-electron chi connectivity index (χ2n) is 3.39. The van der Waals surface area contributed by atoms with E-state index in [1.807, 2.05) is 0 Å². The van der Waals surface area contributed by atoms with Crippen LogP contribution in [0, 0.1) is 0 Å². The highest BCUT2D eigenvalue weighted by molar-refractivity contribution is 7.91. The number of nitrogens with one attached hydrogen (secondary N) is 1. The average molecular weight is 241 g/mol. The molecule has 1 aromatic rings. The summed E-state index contributed by atoms with van der Waals surface area (Å²) in [5.41, 5.74) is 0.207. The largest absolute Gasteiger partial charge is 0.355 e. The molecule has 1 amide bonds. The van der Waals surface area contributed by atoms with Crippen LogP contribution in [0.2, 0.25) is 0 Å². The van der Waals surface area contributed by atoms with E-state index in [9.17, 15) is 13.2 Å². The molecule has 0 aliphatic carbocycles. The van der Waals surface area contributed by atoms with Gasteiger partial charge in [-0.05, 0) is 18.6 Å². The molecule has 0 radical (unpaired) electrons. The molecule has 4 nitrogen and oxygen atoms in total. The number of amides is 1. The summed E-state index contributed by atoms with van der Waals surface area (Å²) < 4.78 is 23.8. The van der Waals surface area contributed by atoms with Crippen LogP contribution in [-0.4, -0.2) is 27.1 Å². The smallest absolute Gasteiger partial charge is 0.252 e. The Balaban J connectivity index is 3.29. The fourth-order valence-electron chi connectivity index (χ4n) is 1.44. The molecule has 0 aliphatic heterocycles. The van der Waals surface area contributed by atoms with Crippen LogP contribution in [0.1, 0.15) is 23.7 Å². The van der Waals surface area contributed by atoms with E-state index in [0.29, 0.717) is 6.42 Å². The van der Waals surface area contributed by atoms with Crippen molar-refractivity contribution in [3.63, 3.8) is 0 Å². The first-order valence-corrected chi connectivity index (χ1v) is 6.72. The van der Waals surface area contributed by atoms with Gasteiger partial charge in [0.15, 0.2) is 9.84 Å². The molecule has 0 aromatic heterocycles. The van der Waals surface area contributed by atoms with Crippen molar-refractivity contribution in [3.8, 4) is 0 Å². The van der Waals surface area contributed by atoms with E-state index in [2.05, 4.69) is 5.32 Å². The third-order valence-corrected chi connectivity index (χ3v) is 4.14. The Hall–Kier alpha value is -1.36. The number of hydrogen-bond donors (Lipinski definition) is 1. The zero-order chi connectivity index (χ0) is 12.2. The molecule has 1 aromatic carbocycles. The Labute approximate surface area is 95.6 Å². The van der Waals surface area contributed by atoms with Gasteiger partial charge in [-0.2, -0.15) is 0 Å². The van der Waals surface area contributed by atoms with Crippen LogP contribution >= 0.6 is 0 Å². The Morgan fingerprint density at radius 3 is 2.50 bits per heavy atom. The third kappa shape index (κ3) is 2.61. The van der Waals surface area contributed by atoms with Crippen molar-refractivity contribution in [3.05, 3.63) is 29.8 Å². The second-order valence-corrected chi connectivity index (χ2v) is 5.47. The van der Waals surface area contributed by atoms with Gasteiger partial charge in [0.05, 0.1) is 16.2 Å². The summed E-state index contributed by atoms with van der Waals surface area (Å²) in [5, 5.41) is 2.43. The maximum Gasteiger partial charge on any atom is 0.252 e. The summed E-state index contributed by atoms with van der Waals surface area (Å²) in [4.78, 5) is 11.6. The van der Waals surface area contributed by atoms with E-state index in [1.54, 1.807) is 19.1 Å². The van der Waals surface area contributed by atoms with Gasteiger partial charge >= 0.3 is 0 Å². The third-order valence-electron chi connectivity index (χ3n) is 2.17.